The highest BCUT2D eigenvalue weighted by atomic mass is 32.1. The lowest BCUT2D eigenvalue weighted by Gasteiger charge is -2.18. The molecular weight excluding hydrogens is 310 g/mol. The third kappa shape index (κ3) is 5.71. The summed E-state index contributed by atoms with van der Waals surface area (Å²) in [6.45, 7) is 0.623. The molecule has 1 aromatic heterocycles. The number of nitrogens with zero attached hydrogens (tertiary/aromatic N) is 2. The normalized spacial score (nSPS) is 11.5. The van der Waals surface area contributed by atoms with Gasteiger partial charge in [-0.05, 0) is 48.0 Å². The minimum Gasteiger partial charge on any atom is -0.481 e. The van der Waals surface area contributed by atoms with Crippen LogP contribution in [-0.4, -0.2) is 21.2 Å². The highest BCUT2D eigenvalue weighted by Crippen LogP contribution is 2.22. The van der Waals surface area contributed by atoms with E-state index in [0.29, 0.717) is 13.0 Å². The largest absolute Gasteiger partial charge is 0.481 e. The Morgan fingerprint density at radius 2 is 2.13 bits per heavy atom. The molecule has 2 aromatic rings. The quantitative estimate of drug-likeness (QED) is 0.573. The Hall–Kier alpha value is -2.40. The number of thiocarbonyl (C=S) groups is 1. The fourth-order valence-electron chi connectivity index (χ4n) is 2.23. The first-order chi connectivity index (χ1) is 11.2. The number of aliphatic carboxylic acids is 1. The van der Waals surface area contributed by atoms with E-state index < -0.39 is 5.97 Å². The molecule has 0 bridgehead atoms. The fraction of sp³-hybridized carbons (Fsp3) is 0.235. The minimum absolute atomic E-state index is 0.0585. The van der Waals surface area contributed by atoms with E-state index >= 15 is 0 Å². The number of hydrogen-bond acceptors (Lipinski definition) is 5. The zero-order valence-corrected chi connectivity index (χ0v) is 13.3. The molecule has 2 rings (SSSR count). The number of rotatable bonds is 8. The summed E-state index contributed by atoms with van der Waals surface area (Å²) in [7, 11) is 0. The maximum absolute atomic E-state index is 10.9. The van der Waals surface area contributed by atoms with Crippen molar-refractivity contribution >= 4 is 29.0 Å². The Bertz CT molecular complexity index is 683. The molecule has 0 amide bonds. The van der Waals surface area contributed by atoms with Crippen LogP contribution in [0.2, 0.25) is 0 Å². The van der Waals surface area contributed by atoms with Crippen LogP contribution in [0.25, 0.3) is 0 Å². The predicted molar refractivity (Wildman–Crippen MR) is 91.8 cm³/mol. The van der Waals surface area contributed by atoms with Crippen molar-refractivity contribution in [1.29, 1.82) is 0 Å². The van der Waals surface area contributed by atoms with E-state index in [1.807, 2.05) is 36.4 Å². The van der Waals surface area contributed by atoms with Gasteiger partial charge in [0.05, 0.1) is 10.8 Å². The Balaban J connectivity index is 2.09. The number of aromatic nitrogens is 1. The maximum atomic E-state index is 10.9. The third-order valence-corrected chi connectivity index (χ3v) is 3.48. The standard InChI is InChI=1S/C17H17N3O2S/c21-17(22)8-7-16(19-11-13-2-1-9-18-10-13)14-3-5-15(6-4-14)20-12-23/h1-6,9-10,16,19H,7-8,11H2,(H,21,22). The minimum atomic E-state index is -0.805. The zero-order chi connectivity index (χ0) is 16.5. The van der Waals surface area contributed by atoms with Crippen LogP contribution in [0.4, 0.5) is 5.69 Å². The van der Waals surface area contributed by atoms with Gasteiger partial charge in [0.15, 0.2) is 0 Å². The molecule has 0 saturated carbocycles. The number of benzene rings is 1. The van der Waals surface area contributed by atoms with Gasteiger partial charge in [-0.15, -0.1) is 0 Å². The van der Waals surface area contributed by atoms with Crippen LogP contribution in [0.1, 0.15) is 30.0 Å². The predicted octanol–water partition coefficient (Wildman–Crippen LogP) is 3.51. The highest BCUT2D eigenvalue weighted by Gasteiger charge is 2.13. The van der Waals surface area contributed by atoms with Crippen LogP contribution in [-0.2, 0) is 11.3 Å². The Morgan fingerprint density at radius 1 is 1.35 bits per heavy atom. The summed E-state index contributed by atoms with van der Waals surface area (Å²) in [5, 5.41) is 14.7. The summed E-state index contributed by atoms with van der Waals surface area (Å²) >= 11 is 4.58. The molecular formula is C17H17N3O2S. The molecule has 0 fully saturated rings. The van der Waals surface area contributed by atoms with Gasteiger partial charge in [-0.1, -0.05) is 18.2 Å². The molecule has 23 heavy (non-hydrogen) atoms. The van der Waals surface area contributed by atoms with Gasteiger partial charge in [0.1, 0.15) is 0 Å². The second-order valence-electron chi connectivity index (χ2n) is 5.02. The van der Waals surface area contributed by atoms with Crippen LogP contribution in [0.15, 0.2) is 53.8 Å². The molecule has 0 saturated heterocycles. The van der Waals surface area contributed by atoms with Crippen molar-refractivity contribution in [3.63, 3.8) is 0 Å². The van der Waals surface area contributed by atoms with Gasteiger partial charge in [-0.3, -0.25) is 9.78 Å². The van der Waals surface area contributed by atoms with Crippen LogP contribution in [0.3, 0.4) is 0 Å². The third-order valence-electron chi connectivity index (χ3n) is 3.39. The summed E-state index contributed by atoms with van der Waals surface area (Å²) in [4.78, 5) is 18.9. The first kappa shape index (κ1) is 17.0. The maximum Gasteiger partial charge on any atom is 0.303 e. The molecule has 0 aliphatic rings. The number of aliphatic imine (C=N–C) groups is 1. The molecule has 0 aliphatic heterocycles. The average molecular weight is 327 g/mol. The molecule has 1 atom stereocenters. The van der Waals surface area contributed by atoms with Crippen molar-refractivity contribution in [2.24, 2.45) is 4.99 Å². The Kier molecular flexibility index (Phi) is 6.56. The number of hydrogen-bond donors (Lipinski definition) is 2. The van der Waals surface area contributed by atoms with Crippen LogP contribution in [0.5, 0.6) is 0 Å². The number of isothiocyanates is 1. The first-order valence-corrected chi connectivity index (χ1v) is 7.62. The van der Waals surface area contributed by atoms with Crippen molar-refractivity contribution in [2.45, 2.75) is 25.4 Å². The van der Waals surface area contributed by atoms with Crippen molar-refractivity contribution in [2.75, 3.05) is 0 Å². The SMILES string of the molecule is O=C(O)CCC(NCc1cccnc1)c1ccc(N=C=S)cc1. The van der Waals surface area contributed by atoms with Crippen LogP contribution >= 0.6 is 12.2 Å². The van der Waals surface area contributed by atoms with Gasteiger partial charge in [0.25, 0.3) is 0 Å². The second-order valence-corrected chi connectivity index (χ2v) is 5.20. The Morgan fingerprint density at radius 3 is 2.74 bits per heavy atom. The fourth-order valence-corrected chi connectivity index (χ4v) is 2.34. The van der Waals surface area contributed by atoms with Gasteiger partial charge in [-0.25, -0.2) is 0 Å². The van der Waals surface area contributed by atoms with E-state index in [9.17, 15) is 4.79 Å². The molecule has 5 nitrogen and oxygen atoms in total. The monoisotopic (exact) mass is 327 g/mol. The first-order valence-electron chi connectivity index (χ1n) is 7.21. The van der Waals surface area contributed by atoms with E-state index in [4.69, 9.17) is 5.11 Å². The topological polar surface area (TPSA) is 74.6 Å². The number of carbonyl (C=O) groups is 1. The van der Waals surface area contributed by atoms with E-state index in [2.05, 4.69) is 32.7 Å². The van der Waals surface area contributed by atoms with Gasteiger partial charge < -0.3 is 10.4 Å². The van der Waals surface area contributed by atoms with Gasteiger partial charge in [0.2, 0.25) is 0 Å². The second kappa shape index (κ2) is 8.90. The molecule has 2 N–H and O–H groups in total. The van der Waals surface area contributed by atoms with Crippen LogP contribution in [0, 0.1) is 0 Å². The smallest absolute Gasteiger partial charge is 0.303 e. The average Bonchev–Trinajstić information content (AvgIpc) is 2.57. The summed E-state index contributed by atoms with van der Waals surface area (Å²) < 4.78 is 0. The molecule has 0 spiro atoms. The molecule has 0 radical (unpaired) electrons. The summed E-state index contributed by atoms with van der Waals surface area (Å²) in [6.07, 6.45) is 4.12. The van der Waals surface area contributed by atoms with E-state index in [-0.39, 0.29) is 12.5 Å². The van der Waals surface area contributed by atoms with Crippen molar-refractivity contribution < 1.29 is 9.90 Å². The van der Waals surface area contributed by atoms with Crippen molar-refractivity contribution in [3.8, 4) is 0 Å². The lowest BCUT2D eigenvalue weighted by atomic mass is 10.0. The zero-order valence-electron chi connectivity index (χ0n) is 12.5. The lowest BCUT2D eigenvalue weighted by Crippen LogP contribution is -2.22. The van der Waals surface area contributed by atoms with Gasteiger partial charge in [-0.2, -0.15) is 4.99 Å². The molecule has 118 valence electrons. The molecule has 6 heteroatoms. The molecule has 0 aliphatic carbocycles. The summed E-state index contributed by atoms with van der Waals surface area (Å²) in [5.74, 6) is -0.805. The number of carboxylic acid groups (broad SMARTS) is 1. The lowest BCUT2D eigenvalue weighted by molar-refractivity contribution is -0.137. The van der Waals surface area contributed by atoms with Crippen LogP contribution < -0.4 is 5.32 Å². The Labute approximate surface area is 140 Å². The number of nitrogens with one attached hydrogen (secondary N) is 1. The molecule has 1 heterocycles. The molecule has 1 unspecified atom stereocenters. The highest BCUT2D eigenvalue weighted by molar-refractivity contribution is 7.78. The summed E-state index contributed by atoms with van der Waals surface area (Å²) in [5.41, 5.74) is 2.79. The van der Waals surface area contributed by atoms with Gasteiger partial charge >= 0.3 is 5.97 Å². The van der Waals surface area contributed by atoms with E-state index in [0.717, 1.165) is 16.8 Å². The van der Waals surface area contributed by atoms with E-state index in [1.54, 1.807) is 12.4 Å². The molecule has 1 aromatic carbocycles. The van der Waals surface area contributed by atoms with Crippen molar-refractivity contribution in [3.05, 3.63) is 59.9 Å². The van der Waals surface area contributed by atoms with Crippen molar-refractivity contribution in [1.82, 2.24) is 10.3 Å². The summed E-state index contributed by atoms with van der Waals surface area (Å²) in [6, 6.07) is 11.3. The van der Waals surface area contributed by atoms with E-state index in [1.165, 1.54) is 0 Å². The van der Waals surface area contributed by atoms with Gasteiger partial charge in [0, 0.05) is 31.4 Å². The number of carboxylic acids is 1. The number of pyridine rings is 1.